The molecule has 3 N–H and O–H groups in total. The zero-order chi connectivity index (χ0) is 23.5. The van der Waals surface area contributed by atoms with Gasteiger partial charge in [-0.05, 0) is 38.5 Å². The van der Waals surface area contributed by atoms with Crippen LogP contribution in [0.15, 0.2) is 47.3 Å². The number of benzene rings is 1. The molecule has 0 saturated heterocycles. The molecule has 4 aromatic rings. The Kier molecular flexibility index (Phi) is 6.07. The molecule has 1 amide bonds. The summed E-state index contributed by atoms with van der Waals surface area (Å²) in [6.45, 7) is 6.12. The zero-order valence-electron chi connectivity index (χ0n) is 18.7. The number of nitrogen functional groups attached to an aromatic ring is 1. The number of hydrogen-bond acceptors (Lipinski definition) is 7. The van der Waals surface area contributed by atoms with E-state index >= 15 is 0 Å². The fourth-order valence-corrected chi connectivity index (χ4v) is 3.74. The van der Waals surface area contributed by atoms with Gasteiger partial charge in [0.2, 0.25) is 5.95 Å². The fourth-order valence-electron chi connectivity index (χ4n) is 3.74. The molecule has 4 rings (SSSR count). The third kappa shape index (κ3) is 4.40. The number of rotatable bonds is 6. The van der Waals surface area contributed by atoms with Crippen molar-refractivity contribution in [2.75, 3.05) is 18.9 Å². The van der Waals surface area contributed by atoms with Crippen molar-refractivity contribution in [3.63, 3.8) is 0 Å². The highest BCUT2D eigenvalue weighted by Gasteiger charge is 2.22. The van der Waals surface area contributed by atoms with Gasteiger partial charge in [0.15, 0.2) is 5.65 Å². The molecule has 0 saturated carbocycles. The topological polar surface area (TPSA) is 129 Å². The second kappa shape index (κ2) is 9.11. The van der Waals surface area contributed by atoms with Gasteiger partial charge in [-0.15, -0.1) is 5.10 Å². The Labute approximate surface area is 190 Å². The van der Waals surface area contributed by atoms with Crippen LogP contribution in [0.25, 0.3) is 28.0 Å². The van der Waals surface area contributed by atoms with E-state index in [-0.39, 0.29) is 25.6 Å². The summed E-state index contributed by atoms with van der Waals surface area (Å²) in [5.41, 5.74) is 10.8. The van der Waals surface area contributed by atoms with Gasteiger partial charge in [-0.2, -0.15) is 0 Å². The number of nitrogens with zero attached hydrogens (tertiary/aromatic N) is 5. The standard InChI is InChI=1S/C23H25N7O3/c1-4-33-22(31)25-10-11-29-23(32)30-20(28-29)18(17-12-14(2)26-15(3)13-17)19(27-21(30)24)16-8-6-5-7-9-16/h5-9,12-13H,4,10-11H2,1-3H3,(H2,24,27)(H,25,31). The number of amides is 1. The van der Waals surface area contributed by atoms with Crippen LogP contribution in [0.1, 0.15) is 18.3 Å². The maximum absolute atomic E-state index is 13.1. The van der Waals surface area contributed by atoms with Crippen LogP contribution >= 0.6 is 0 Å². The smallest absolute Gasteiger partial charge is 0.407 e. The molecule has 1 aromatic carbocycles. The van der Waals surface area contributed by atoms with Crippen LogP contribution in [-0.4, -0.2) is 43.4 Å². The molecule has 10 nitrogen and oxygen atoms in total. The maximum atomic E-state index is 13.1. The van der Waals surface area contributed by atoms with Crippen LogP contribution in [0.4, 0.5) is 10.7 Å². The SMILES string of the molecule is CCOC(=O)NCCn1nc2c(-c3cc(C)nc(C)c3)c(-c3ccccc3)nc(N)n2c1=O. The summed E-state index contributed by atoms with van der Waals surface area (Å²) in [6, 6.07) is 13.5. The summed E-state index contributed by atoms with van der Waals surface area (Å²) < 4.78 is 7.40. The molecular formula is C23H25N7O3. The quantitative estimate of drug-likeness (QED) is 0.465. The lowest BCUT2D eigenvalue weighted by atomic mass is 9.99. The van der Waals surface area contributed by atoms with Gasteiger partial charge < -0.3 is 15.8 Å². The molecule has 3 heterocycles. The Morgan fingerprint density at radius 2 is 1.79 bits per heavy atom. The number of fused-ring (bicyclic) bond motifs is 1. The van der Waals surface area contributed by atoms with Crippen molar-refractivity contribution >= 4 is 17.7 Å². The van der Waals surface area contributed by atoms with Crippen LogP contribution in [-0.2, 0) is 11.3 Å². The minimum atomic E-state index is -0.551. The van der Waals surface area contributed by atoms with E-state index in [1.165, 1.54) is 9.08 Å². The maximum Gasteiger partial charge on any atom is 0.407 e. The molecule has 0 aliphatic rings. The molecule has 0 aliphatic carbocycles. The Morgan fingerprint density at radius 1 is 1.09 bits per heavy atom. The van der Waals surface area contributed by atoms with Gasteiger partial charge in [0.05, 0.1) is 24.4 Å². The summed E-state index contributed by atoms with van der Waals surface area (Å²) in [6.07, 6.45) is -0.551. The minimum absolute atomic E-state index is 0.0321. The van der Waals surface area contributed by atoms with E-state index in [0.717, 1.165) is 22.5 Å². The average molecular weight is 447 g/mol. The normalized spacial score (nSPS) is 11.0. The second-order valence-electron chi connectivity index (χ2n) is 7.51. The number of aromatic nitrogens is 5. The predicted molar refractivity (Wildman–Crippen MR) is 125 cm³/mol. The van der Waals surface area contributed by atoms with E-state index < -0.39 is 11.8 Å². The van der Waals surface area contributed by atoms with Gasteiger partial charge >= 0.3 is 11.8 Å². The number of carbonyl (C=O) groups is 1. The van der Waals surface area contributed by atoms with Gasteiger partial charge in [-0.3, -0.25) is 4.98 Å². The summed E-state index contributed by atoms with van der Waals surface area (Å²) in [4.78, 5) is 33.7. The van der Waals surface area contributed by atoms with Gasteiger partial charge in [-0.1, -0.05) is 30.3 Å². The van der Waals surface area contributed by atoms with Crippen molar-refractivity contribution in [2.24, 2.45) is 0 Å². The van der Waals surface area contributed by atoms with Crippen molar-refractivity contribution in [3.05, 3.63) is 64.3 Å². The summed E-state index contributed by atoms with van der Waals surface area (Å²) in [5, 5.41) is 7.16. The van der Waals surface area contributed by atoms with E-state index in [1.54, 1.807) is 6.92 Å². The minimum Gasteiger partial charge on any atom is -0.450 e. The van der Waals surface area contributed by atoms with Crippen LogP contribution < -0.4 is 16.7 Å². The Morgan fingerprint density at radius 3 is 2.45 bits per heavy atom. The summed E-state index contributed by atoms with van der Waals surface area (Å²) in [5.74, 6) is 0.0321. The molecule has 0 atom stereocenters. The van der Waals surface area contributed by atoms with Gasteiger partial charge in [0.25, 0.3) is 0 Å². The highest BCUT2D eigenvalue weighted by molar-refractivity contribution is 5.90. The molecule has 10 heteroatoms. The number of carbonyl (C=O) groups excluding carboxylic acids is 1. The van der Waals surface area contributed by atoms with E-state index in [0.29, 0.717) is 16.9 Å². The lowest BCUT2D eigenvalue weighted by molar-refractivity contribution is 0.151. The molecule has 0 unspecified atom stereocenters. The van der Waals surface area contributed by atoms with Crippen LogP contribution in [0.2, 0.25) is 0 Å². The molecule has 0 bridgehead atoms. The molecule has 0 radical (unpaired) electrons. The highest BCUT2D eigenvalue weighted by atomic mass is 16.5. The Hall–Kier alpha value is -4.21. The number of aryl methyl sites for hydroxylation is 2. The van der Waals surface area contributed by atoms with Crippen LogP contribution in [0.5, 0.6) is 0 Å². The first kappa shape index (κ1) is 22.0. The van der Waals surface area contributed by atoms with E-state index in [9.17, 15) is 9.59 Å². The van der Waals surface area contributed by atoms with Gasteiger partial charge in [-0.25, -0.2) is 23.7 Å². The Bertz CT molecular complexity index is 1360. The van der Waals surface area contributed by atoms with Crippen molar-refractivity contribution in [1.82, 2.24) is 29.5 Å². The highest BCUT2D eigenvalue weighted by Crippen LogP contribution is 2.34. The van der Waals surface area contributed by atoms with E-state index in [2.05, 4.69) is 20.4 Å². The number of pyridine rings is 1. The predicted octanol–water partition coefficient (Wildman–Crippen LogP) is 2.57. The number of anilines is 1. The zero-order valence-corrected chi connectivity index (χ0v) is 18.7. The first-order valence-electron chi connectivity index (χ1n) is 10.6. The van der Waals surface area contributed by atoms with Crippen molar-refractivity contribution < 1.29 is 9.53 Å². The molecule has 170 valence electrons. The molecular weight excluding hydrogens is 422 g/mol. The summed E-state index contributed by atoms with van der Waals surface area (Å²) >= 11 is 0. The van der Waals surface area contributed by atoms with Crippen LogP contribution in [0, 0.1) is 13.8 Å². The second-order valence-corrected chi connectivity index (χ2v) is 7.51. The number of hydrogen-bond donors (Lipinski definition) is 2. The monoisotopic (exact) mass is 447 g/mol. The summed E-state index contributed by atoms with van der Waals surface area (Å²) in [7, 11) is 0. The molecule has 0 fully saturated rings. The first-order chi connectivity index (χ1) is 15.9. The molecule has 3 aromatic heterocycles. The van der Waals surface area contributed by atoms with Crippen molar-refractivity contribution in [2.45, 2.75) is 27.3 Å². The lowest BCUT2D eigenvalue weighted by Gasteiger charge is -2.13. The fraction of sp³-hybridized carbons (Fsp3) is 0.261. The Balaban J connectivity index is 1.90. The number of alkyl carbamates (subject to hydrolysis) is 1. The molecule has 0 aliphatic heterocycles. The first-order valence-corrected chi connectivity index (χ1v) is 10.6. The largest absolute Gasteiger partial charge is 0.450 e. The lowest BCUT2D eigenvalue weighted by Crippen LogP contribution is -2.31. The molecule has 0 spiro atoms. The van der Waals surface area contributed by atoms with Crippen molar-refractivity contribution in [3.8, 4) is 22.4 Å². The number of ether oxygens (including phenoxy) is 1. The van der Waals surface area contributed by atoms with Gasteiger partial charge in [0, 0.05) is 23.5 Å². The third-order valence-electron chi connectivity index (χ3n) is 5.04. The van der Waals surface area contributed by atoms with E-state index in [4.69, 9.17) is 10.5 Å². The number of nitrogens with one attached hydrogen (secondary N) is 1. The third-order valence-corrected chi connectivity index (χ3v) is 5.04. The number of nitrogens with two attached hydrogens (primary N) is 1. The van der Waals surface area contributed by atoms with E-state index in [1.807, 2.05) is 56.3 Å². The van der Waals surface area contributed by atoms with Crippen molar-refractivity contribution in [1.29, 1.82) is 0 Å². The van der Waals surface area contributed by atoms with Gasteiger partial charge in [0.1, 0.15) is 0 Å². The average Bonchev–Trinajstić information content (AvgIpc) is 3.10. The molecule has 33 heavy (non-hydrogen) atoms. The van der Waals surface area contributed by atoms with Crippen LogP contribution in [0.3, 0.4) is 0 Å².